The minimum Gasteiger partial charge on any atom is -0.481 e. The van der Waals surface area contributed by atoms with Crippen LogP contribution in [0.3, 0.4) is 0 Å². The SMILES string of the molecule is O=C(O)CCCC=CC[C@@H]1[C@H](CNC(=O)CCNS(=O)(=O)c2ccccc2)[C@@H]2CC[C@H]1O2. The van der Waals surface area contributed by atoms with Gasteiger partial charge in [0, 0.05) is 31.8 Å². The van der Waals surface area contributed by atoms with Gasteiger partial charge in [-0.25, -0.2) is 13.1 Å². The molecule has 176 valence electrons. The molecule has 8 nitrogen and oxygen atoms in total. The summed E-state index contributed by atoms with van der Waals surface area (Å²) in [6, 6.07) is 8.08. The zero-order chi connectivity index (χ0) is 23.0. The molecule has 0 unspecified atom stereocenters. The van der Waals surface area contributed by atoms with Gasteiger partial charge < -0.3 is 15.2 Å². The van der Waals surface area contributed by atoms with Gasteiger partial charge in [0.15, 0.2) is 0 Å². The Kier molecular flexibility index (Phi) is 8.84. The maximum absolute atomic E-state index is 12.3. The molecular weight excluding hydrogens is 432 g/mol. The highest BCUT2D eigenvalue weighted by molar-refractivity contribution is 7.89. The maximum atomic E-state index is 12.3. The normalized spacial score (nSPS) is 24.8. The van der Waals surface area contributed by atoms with E-state index in [1.165, 1.54) is 12.1 Å². The Morgan fingerprint density at radius 2 is 1.78 bits per heavy atom. The number of unbranched alkanes of at least 4 members (excludes halogenated alkanes) is 1. The van der Waals surface area contributed by atoms with Gasteiger partial charge >= 0.3 is 5.97 Å². The van der Waals surface area contributed by atoms with Gasteiger partial charge in [0.25, 0.3) is 0 Å². The molecule has 4 atom stereocenters. The van der Waals surface area contributed by atoms with Crippen molar-refractivity contribution < 1.29 is 27.9 Å². The molecule has 3 N–H and O–H groups in total. The summed E-state index contributed by atoms with van der Waals surface area (Å²) < 4.78 is 33.0. The highest BCUT2D eigenvalue weighted by Gasteiger charge is 2.47. The number of hydrogen-bond donors (Lipinski definition) is 3. The van der Waals surface area contributed by atoms with Crippen molar-refractivity contribution in [3.05, 3.63) is 42.5 Å². The number of amides is 1. The fraction of sp³-hybridized carbons (Fsp3) is 0.565. The monoisotopic (exact) mass is 464 g/mol. The third-order valence-electron chi connectivity index (χ3n) is 6.16. The van der Waals surface area contributed by atoms with E-state index in [9.17, 15) is 18.0 Å². The lowest BCUT2D eigenvalue weighted by Gasteiger charge is -2.27. The largest absolute Gasteiger partial charge is 0.481 e. The molecule has 2 bridgehead atoms. The summed E-state index contributed by atoms with van der Waals surface area (Å²) in [5.74, 6) is -0.390. The lowest BCUT2D eigenvalue weighted by Crippen LogP contribution is -2.39. The van der Waals surface area contributed by atoms with Gasteiger partial charge in [-0.3, -0.25) is 9.59 Å². The molecule has 0 aromatic heterocycles. The van der Waals surface area contributed by atoms with E-state index >= 15 is 0 Å². The van der Waals surface area contributed by atoms with E-state index in [0.29, 0.717) is 18.9 Å². The number of allylic oxidation sites excluding steroid dienone is 2. The van der Waals surface area contributed by atoms with E-state index in [1.54, 1.807) is 18.2 Å². The second kappa shape index (κ2) is 11.6. The number of hydrogen-bond acceptors (Lipinski definition) is 5. The molecule has 3 rings (SSSR count). The lowest BCUT2D eigenvalue weighted by molar-refractivity contribution is -0.137. The van der Waals surface area contributed by atoms with Gasteiger partial charge in [0.1, 0.15) is 0 Å². The first kappa shape index (κ1) is 24.4. The molecule has 0 radical (unpaired) electrons. The van der Waals surface area contributed by atoms with Gasteiger partial charge in [-0.15, -0.1) is 0 Å². The van der Waals surface area contributed by atoms with E-state index in [4.69, 9.17) is 9.84 Å². The minimum absolute atomic E-state index is 0.0405. The Morgan fingerprint density at radius 1 is 1.06 bits per heavy atom. The van der Waals surface area contributed by atoms with Crippen molar-refractivity contribution in [2.45, 2.75) is 62.0 Å². The second-order valence-corrected chi connectivity index (χ2v) is 10.1. The third kappa shape index (κ3) is 6.88. The summed E-state index contributed by atoms with van der Waals surface area (Å²) in [5.41, 5.74) is 0. The van der Waals surface area contributed by atoms with Gasteiger partial charge in [-0.2, -0.15) is 0 Å². The zero-order valence-corrected chi connectivity index (χ0v) is 18.9. The van der Waals surface area contributed by atoms with Crippen molar-refractivity contribution in [2.24, 2.45) is 11.8 Å². The number of aliphatic carboxylic acids is 1. The van der Waals surface area contributed by atoms with Crippen LogP contribution in [0.1, 0.15) is 44.9 Å². The summed E-state index contributed by atoms with van der Waals surface area (Å²) in [6.07, 6.45) is 9.01. The van der Waals surface area contributed by atoms with Crippen molar-refractivity contribution in [3.63, 3.8) is 0 Å². The topological polar surface area (TPSA) is 122 Å². The standard InChI is InChI=1S/C23H32N2O6S/c26-22(14-15-25-32(29,30)17-8-4-3-5-9-17)24-16-19-18(20-12-13-21(19)31-20)10-6-1-2-7-11-23(27)28/h1,3-6,8-9,18-21,25H,2,7,10-16H2,(H,24,26)(H,27,28)/t18-,19+,20-,21+/m1/s1. The van der Waals surface area contributed by atoms with E-state index in [0.717, 1.165) is 25.7 Å². The first-order chi connectivity index (χ1) is 15.4. The van der Waals surface area contributed by atoms with Crippen LogP contribution < -0.4 is 10.0 Å². The molecule has 0 saturated carbocycles. The molecule has 1 aromatic rings. The number of carboxylic acids is 1. The Hall–Kier alpha value is -2.23. The first-order valence-electron chi connectivity index (χ1n) is 11.2. The number of fused-ring (bicyclic) bond motifs is 2. The molecule has 2 fully saturated rings. The first-order valence-corrected chi connectivity index (χ1v) is 12.7. The quantitative estimate of drug-likeness (QED) is 0.305. The number of carbonyl (C=O) groups is 2. The molecule has 2 aliphatic rings. The number of benzene rings is 1. The van der Waals surface area contributed by atoms with Crippen LogP contribution in [0.5, 0.6) is 0 Å². The van der Waals surface area contributed by atoms with Gasteiger partial charge in [-0.05, 0) is 50.2 Å². The number of ether oxygens (including phenoxy) is 1. The predicted molar refractivity (Wildman–Crippen MR) is 119 cm³/mol. The molecule has 0 spiro atoms. The van der Waals surface area contributed by atoms with Crippen LogP contribution in [-0.4, -0.2) is 50.7 Å². The fourth-order valence-corrected chi connectivity index (χ4v) is 5.58. The Morgan fingerprint density at radius 3 is 2.50 bits per heavy atom. The molecule has 0 aliphatic carbocycles. The Bertz CT molecular complexity index is 902. The fourth-order valence-electron chi connectivity index (χ4n) is 4.52. The number of rotatable bonds is 13. The van der Waals surface area contributed by atoms with Crippen LogP contribution in [0, 0.1) is 11.8 Å². The molecule has 32 heavy (non-hydrogen) atoms. The van der Waals surface area contributed by atoms with Crippen LogP contribution in [0.15, 0.2) is 47.4 Å². The summed E-state index contributed by atoms with van der Waals surface area (Å²) in [7, 11) is -3.61. The second-order valence-electron chi connectivity index (χ2n) is 8.38. The van der Waals surface area contributed by atoms with Crippen molar-refractivity contribution in [3.8, 4) is 0 Å². The minimum atomic E-state index is -3.61. The average Bonchev–Trinajstić information content (AvgIpc) is 3.37. The number of nitrogens with one attached hydrogen (secondary N) is 2. The molecular formula is C23H32N2O6S. The summed E-state index contributed by atoms with van der Waals surface area (Å²) in [6.45, 7) is 0.557. The lowest BCUT2D eigenvalue weighted by atomic mass is 9.77. The summed E-state index contributed by atoms with van der Waals surface area (Å²) in [5, 5.41) is 11.6. The number of sulfonamides is 1. The maximum Gasteiger partial charge on any atom is 0.303 e. The van der Waals surface area contributed by atoms with Crippen molar-refractivity contribution >= 4 is 21.9 Å². The zero-order valence-electron chi connectivity index (χ0n) is 18.1. The van der Waals surface area contributed by atoms with E-state index in [-0.39, 0.29) is 48.3 Å². The van der Waals surface area contributed by atoms with Crippen LogP contribution in [-0.2, 0) is 24.3 Å². The molecule has 2 saturated heterocycles. The third-order valence-corrected chi connectivity index (χ3v) is 7.64. The van der Waals surface area contributed by atoms with E-state index < -0.39 is 16.0 Å². The van der Waals surface area contributed by atoms with Crippen LogP contribution >= 0.6 is 0 Å². The smallest absolute Gasteiger partial charge is 0.303 e. The van der Waals surface area contributed by atoms with Crippen molar-refractivity contribution in [1.82, 2.24) is 10.0 Å². The van der Waals surface area contributed by atoms with Crippen molar-refractivity contribution in [2.75, 3.05) is 13.1 Å². The molecule has 1 aromatic carbocycles. The number of carbonyl (C=O) groups excluding carboxylic acids is 1. The predicted octanol–water partition coefficient (Wildman–Crippen LogP) is 2.47. The average molecular weight is 465 g/mol. The number of carboxylic acid groups (broad SMARTS) is 1. The van der Waals surface area contributed by atoms with Gasteiger partial charge in [0.05, 0.1) is 17.1 Å². The van der Waals surface area contributed by atoms with Crippen molar-refractivity contribution in [1.29, 1.82) is 0 Å². The summed E-state index contributed by atoms with van der Waals surface area (Å²) in [4.78, 5) is 23.0. The summed E-state index contributed by atoms with van der Waals surface area (Å²) >= 11 is 0. The van der Waals surface area contributed by atoms with Gasteiger partial charge in [0.2, 0.25) is 15.9 Å². The highest BCUT2D eigenvalue weighted by Crippen LogP contribution is 2.44. The van der Waals surface area contributed by atoms with E-state index in [2.05, 4.69) is 16.1 Å². The Balaban J connectivity index is 1.40. The Labute approximate surface area is 189 Å². The van der Waals surface area contributed by atoms with E-state index in [1.807, 2.05) is 6.08 Å². The molecule has 1 amide bonds. The van der Waals surface area contributed by atoms with Crippen LogP contribution in [0.2, 0.25) is 0 Å². The van der Waals surface area contributed by atoms with Crippen LogP contribution in [0.25, 0.3) is 0 Å². The van der Waals surface area contributed by atoms with Gasteiger partial charge in [-0.1, -0.05) is 30.4 Å². The van der Waals surface area contributed by atoms with Crippen LogP contribution in [0.4, 0.5) is 0 Å². The molecule has 2 aliphatic heterocycles. The molecule has 2 heterocycles. The molecule has 9 heteroatoms. The highest BCUT2D eigenvalue weighted by atomic mass is 32.2.